The van der Waals surface area contributed by atoms with Gasteiger partial charge in [0.05, 0.1) is 0 Å². The third kappa shape index (κ3) is 6.26. The zero-order valence-corrected chi connectivity index (χ0v) is 15.5. The van der Waals surface area contributed by atoms with E-state index in [0.717, 1.165) is 25.0 Å². The van der Waals surface area contributed by atoms with Gasteiger partial charge in [-0.3, -0.25) is 4.79 Å². The van der Waals surface area contributed by atoms with Crippen molar-refractivity contribution in [2.45, 2.75) is 58.6 Å². The summed E-state index contributed by atoms with van der Waals surface area (Å²) in [5, 5.41) is 3.08. The largest absolute Gasteiger partial charge is 0.481 e. The molecular weight excluding hydrogens is 310 g/mol. The fourth-order valence-electron chi connectivity index (χ4n) is 2.73. The summed E-state index contributed by atoms with van der Waals surface area (Å²) < 4.78 is 5.88. The molecule has 0 aliphatic heterocycles. The summed E-state index contributed by atoms with van der Waals surface area (Å²) in [5.74, 6) is 0.707. The summed E-state index contributed by atoms with van der Waals surface area (Å²) >= 11 is 0. The van der Waals surface area contributed by atoms with E-state index in [1.54, 1.807) is 0 Å². The number of aryl methyl sites for hydroxylation is 2. The number of hydrogen-bond donors (Lipinski definition) is 1. The van der Waals surface area contributed by atoms with E-state index in [2.05, 4.69) is 24.4 Å². The Morgan fingerprint density at radius 1 is 1.00 bits per heavy atom. The molecule has 1 amide bonds. The smallest absolute Gasteiger partial charge is 0.261 e. The maximum atomic E-state index is 12.5. The number of benzene rings is 2. The van der Waals surface area contributed by atoms with Gasteiger partial charge in [-0.2, -0.15) is 0 Å². The zero-order valence-electron chi connectivity index (χ0n) is 15.5. The van der Waals surface area contributed by atoms with E-state index < -0.39 is 6.10 Å². The molecule has 0 unspecified atom stereocenters. The number of nitrogens with one attached hydrogen (secondary N) is 1. The van der Waals surface area contributed by atoms with Gasteiger partial charge in [0.2, 0.25) is 0 Å². The van der Waals surface area contributed by atoms with Crippen LogP contribution in [0, 0.1) is 0 Å². The minimum atomic E-state index is -0.452. The second-order valence-electron chi connectivity index (χ2n) is 6.45. The molecule has 0 aliphatic rings. The van der Waals surface area contributed by atoms with Crippen molar-refractivity contribution in [3.63, 3.8) is 0 Å². The van der Waals surface area contributed by atoms with Gasteiger partial charge in [-0.15, -0.1) is 0 Å². The normalized spacial score (nSPS) is 13.1. The van der Waals surface area contributed by atoms with Crippen LogP contribution in [-0.4, -0.2) is 18.1 Å². The van der Waals surface area contributed by atoms with E-state index in [4.69, 9.17) is 4.74 Å². The second kappa shape index (κ2) is 9.87. The topological polar surface area (TPSA) is 38.3 Å². The third-order valence-electron chi connectivity index (χ3n) is 4.37. The van der Waals surface area contributed by atoms with Crippen molar-refractivity contribution in [1.82, 2.24) is 5.32 Å². The highest BCUT2D eigenvalue weighted by atomic mass is 16.5. The fourth-order valence-corrected chi connectivity index (χ4v) is 2.73. The quantitative estimate of drug-likeness (QED) is 0.728. The van der Waals surface area contributed by atoms with Crippen molar-refractivity contribution >= 4 is 5.91 Å². The van der Waals surface area contributed by atoms with Crippen molar-refractivity contribution in [2.75, 3.05) is 0 Å². The summed E-state index contributed by atoms with van der Waals surface area (Å²) in [6, 6.07) is 18.4. The molecule has 2 aromatic carbocycles. The van der Waals surface area contributed by atoms with E-state index in [1.165, 1.54) is 11.1 Å². The third-order valence-corrected chi connectivity index (χ3v) is 4.37. The standard InChI is InChI=1S/C22H29NO2/c1-4-18-13-15-20(16-14-18)25-21(5-2)22(24)23-17(3)11-12-19-9-7-6-8-10-19/h6-10,13-17,21H,4-5,11-12H2,1-3H3,(H,23,24)/t17-,21+/m0/s1. The van der Waals surface area contributed by atoms with Gasteiger partial charge in [-0.1, -0.05) is 56.3 Å². The molecule has 134 valence electrons. The van der Waals surface area contributed by atoms with Crippen LogP contribution in [0.25, 0.3) is 0 Å². The molecule has 0 radical (unpaired) electrons. The Bertz CT molecular complexity index is 637. The SMILES string of the molecule is CCc1ccc(O[C@H](CC)C(=O)N[C@@H](C)CCc2ccccc2)cc1. The Hall–Kier alpha value is -2.29. The second-order valence-corrected chi connectivity index (χ2v) is 6.45. The minimum absolute atomic E-state index is 0.0392. The average molecular weight is 339 g/mol. The van der Waals surface area contributed by atoms with Crippen LogP contribution < -0.4 is 10.1 Å². The van der Waals surface area contributed by atoms with Crippen LogP contribution >= 0.6 is 0 Å². The Balaban J connectivity index is 1.83. The van der Waals surface area contributed by atoms with Gasteiger partial charge in [0, 0.05) is 6.04 Å². The van der Waals surface area contributed by atoms with Gasteiger partial charge in [0.15, 0.2) is 6.10 Å². The van der Waals surface area contributed by atoms with Gasteiger partial charge in [0.1, 0.15) is 5.75 Å². The van der Waals surface area contributed by atoms with Crippen LogP contribution in [0.5, 0.6) is 5.75 Å². The highest BCUT2D eigenvalue weighted by molar-refractivity contribution is 5.81. The van der Waals surface area contributed by atoms with E-state index in [9.17, 15) is 4.79 Å². The van der Waals surface area contributed by atoms with Gasteiger partial charge in [0.25, 0.3) is 5.91 Å². The Morgan fingerprint density at radius 3 is 2.28 bits per heavy atom. The highest BCUT2D eigenvalue weighted by Crippen LogP contribution is 2.16. The number of carbonyl (C=O) groups excluding carboxylic acids is 1. The molecule has 0 saturated heterocycles. The lowest BCUT2D eigenvalue weighted by Gasteiger charge is -2.20. The number of ether oxygens (including phenoxy) is 1. The Morgan fingerprint density at radius 2 is 1.68 bits per heavy atom. The minimum Gasteiger partial charge on any atom is -0.481 e. The summed E-state index contributed by atoms with van der Waals surface area (Å²) in [7, 11) is 0. The molecule has 2 atom stereocenters. The number of carbonyl (C=O) groups is 1. The molecule has 0 aliphatic carbocycles. The van der Waals surface area contributed by atoms with Gasteiger partial charge in [-0.25, -0.2) is 0 Å². The lowest BCUT2D eigenvalue weighted by molar-refractivity contribution is -0.128. The number of amides is 1. The van der Waals surface area contributed by atoms with Crippen molar-refractivity contribution in [3.8, 4) is 5.75 Å². The molecule has 2 rings (SSSR count). The average Bonchev–Trinajstić information content (AvgIpc) is 2.65. The van der Waals surface area contributed by atoms with Gasteiger partial charge in [-0.05, 0) is 55.9 Å². The summed E-state index contributed by atoms with van der Waals surface area (Å²) in [6.45, 7) is 6.14. The van der Waals surface area contributed by atoms with Crippen molar-refractivity contribution in [2.24, 2.45) is 0 Å². The first-order valence-corrected chi connectivity index (χ1v) is 9.22. The number of hydrogen-bond acceptors (Lipinski definition) is 2. The van der Waals surface area contributed by atoms with E-state index in [-0.39, 0.29) is 11.9 Å². The first-order valence-electron chi connectivity index (χ1n) is 9.22. The first kappa shape index (κ1) is 19.0. The molecule has 25 heavy (non-hydrogen) atoms. The summed E-state index contributed by atoms with van der Waals surface area (Å²) in [4.78, 5) is 12.5. The molecule has 0 heterocycles. The van der Waals surface area contributed by atoms with Crippen LogP contribution in [-0.2, 0) is 17.6 Å². The first-order chi connectivity index (χ1) is 12.1. The van der Waals surface area contributed by atoms with Crippen LogP contribution in [0.1, 0.15) is 44.7 Å². The molecule has 0 aromatic heterocycles. The van der Waals surface area contributed by atoms with Crippen molar-refractivity contribution in [3.05, 3.63) is 65.7 Å². The number of rotatable bonds is 9. The lowest BCUT2D eigenvalue weighted by atomic mass is 10.1. The fraction of sp³-hybridized carbons (Fsp3) is 0.409. The molecule has 0 saturated carbocycles. The summed E-state index contributed by atoms with van der Waals surface area (Å²) in [5.41, 5.74) is 2.56. The molecule has 0 bridgehead atoms. The van der Waals surface area contributed by atoms with Crippen LogP contribution in [0.3, 0.4) is 0 Å². The van der Waals surface area contributed by atoms with E-state index >= 15 is 0 Å². The highest BCUT2D eigenvalue weighted by Gasteiger charge is 2.20. The lowest BCUT2D eigenvalue weighted by Crippen LogP contribution is -2.42. The van der Waals surface area contributed by atoms with Crippen LogP contribution in [0.2, 0.25) is 0 Å². The van der Waals surface area contributed by atoms with E-state index in [1.807, 2.05) is 56.3 Å². The van der Waals surface area contributed by atoms with Gasteiger partial charge < -0.3 is 10.1 Å². The molecule has 0 spiro atoms. The monoisotopic (exact) mass is 339 g/mol. The van der Waals surface area contributed by atoms with E-state index in [0.29, 0.717) is 6.42 Å². The maximum absolute atomic E-state index is 12.5. The molecule has 3 nitrogen and oxygen atoms in total. The molecule has 2 aromatic rings. The van der Waals surface area contributed by atoms with Gasteiger partial charge >= 0.3 is 0 Å². The molecule has 3 heteroatoms. The Labute approximate surface area is 151 Å². The van der Waals surface area contributed by atoms with Crippen LogP contribution in [0.15, 0.2) is 54.6 Å². The predicted molar refractivity (Wildman–Crippen MR) is 103 cm³/mol. The maximum Gasteiger partial charge on any atom is 0.261 e. The zero-order chi connectivity index (χ0) is 18.1. The van der Waals surface area contributed by atoms with Crippen molar-refractivity contribution < 1.29 is 9.53 Å². The summed E-state index contributed by atoms with van der Waals surface area (Å²) in [6.07, 6.45) is 3.06. The predicted octanol–water partition coefficient (Wildman–Crippen LogP) is 4.54. The molecule has 1 N–H and O–H groups in total. The molecular formula is C22H29NO2. The van der Waals surface area contributed by atoms with Crippen molar-refractivity contribution in [1.29, 1.82) is 0 Å². The Kier molecular flexibility index (Phi) is 7.52. The molecule has 0 fully saturated rings. The van der Waals surface area contributed by atoms with Crippen LogP contribution in [0.4, 0.5) is 0 Å².